The lowest BCUT2D eigenvalue weighted by Crippen LogP contribution is -1.99. The van der Waals surface area contributed by atoms with Crippen LogP contribution in [0.3, 0.4) is 0 Å². The third kappa shape index (κ3) is 7.79. The molecule has 0 amide bonds. The SMILES string of the molecule is COc1nc(Br)cc(Oc2cc(Cl)cc(C#N)c2)c1N.COc1nccc(Oc2cc(Cl)cc(C#N)c2)c1N. The number of nitrogens with zero attached hydrogens (tertiary/aromatic N) is 4. The molecular weight excluding hydrogens is 611 g/mol. The number of nitrogen functional groups attached to an aromatic ring is 2. The molecule has 198 valence electrons. The molecule has 0 unspecified atom stereocenters. The summed E-state index contributed by atoms with van der Waals surface area (Å²) < 4.78 is 21.8. The molecule has 4 N–H and O–H groups in total. The molecule has 0 bridgehead atoms. The summed E-state index contributed by atoms with van der Waals surface area (Å²) >= 11 is 15.0. The molecule has 0 fully saturated rings. The smallest absolute Gasteiger partial charge is 0.241 e. The third-order valence-corrected chi connectivity index (χ3v) is 5.55. The van der Waals surface area contributed by atoms with Crippen LogP contribution >= 0.6 is 39.1 Å². The first-order chi connectivity index (χ1) is 18.7. The van der Waals surface area contributed by atoms with Gasteiger partial charge in [-0.15, -0.1) is 0 Å². The van der Waals surface area contributed by atoms with E-state index in [9.17, 15) is 0 Å². The second-order valence-corrected chi connectivity index (χ2v) is 9.06. The number of hydrogen-bond acceptors (Lipinski definition) is 10. The zero-order valence-corrected chi connectivity index (χ0v) is 23.5. The molecule has 0 aliphatic heterocycles. The summed E-state index contributed by atoms with van der Waals surface area (Å²) in [5.41, 5.74) is 13.1. The van der Waals surface area contributed by atoms with Gasteiger partial charge in [-0.1, -0.05) is 23.2 Å². The van der Waals surface area contributed by atoms with Gasteiger partial charge >= 0.3 is 0 Å². The first-order valence-electron chi connectivity index (χ1n) is 10.7. The topological polar surface area (TPSA) is 162 Å². The minimum Gasteiger partial charge on any atom is -0.479 e. The lowest BCUT2D eigenvalue weighted by atomic mass is 10.2. The highest BCUT2D eigenvalue weighted by atomic mass is 79.9. The molecule has 0 saturated heterocycles. The van der Waals surface area contributed by atoms with Crippen LogP contribution in [-0.2, 0) is 0 Å². The lowest BCUT2D eigenvalue weighted by molar-refractivity contribution is 0.394. The molecule has 2 aromatic heterocycles. The van der Waals surface area contributed by atoms with Gasteiger partial charge in [-0.25, -0.2) is 9.97 Å². The minimum atomic E-state index is 0.247. The molecule has 39 heavy (non-hydrogen) atoms. The molecule has 13 heteroatoms. The van der Waals surface area contributed by atoms with E-state index in [-0.39, 0.29) is 23.1 Å². The number of hydrogen-bond donors (Lipinski definition) is 2. The summed E-state index contributed by atoms with van der Waals surface area (Å²) in [6, 6.07) is 16.6. The normalized spacial score (nSPS) is 9.82. The summed E-state index contributed by atoms with van der Waals surface area (Å²) in [5, 5.41) is 18.6. The Kier molecular flexibility index (Phi) is 10.0. The summed E-state index contributed by atoms with van der Waals surface area (Å²) in [5.74, 6) is 2.09. The first-order valence-corrected chi connectivity index (χ1v) is 12.3. The Hall–Kier alpha value is -4.42. The molecular formula is C26H19BrCl2N6O4. The first kappa shape index (κ1) is 29.1. The summed E-state index contributed by atoms with van der Waals surface area (Å²) in [6.07, 6.45) is 1.51. The van der Waals surface area contributed by atoms with Crippen molar-refractivity contribution in [2.24, 2.45) is 0 Å². The molecule has 0 aliphatic carbocycles. The van der Waals surface area contributed by atoms with Crippen LogP contribution in [0, 0.1) is 22.7 Å². The molecule has 2 aromatic carbocycles. The Balaban J connectivity index is 0.000000216. The van der Waals surface area contributed by atoms with Crippen LogP contribution in [0.5, 0.6) is 34.8 Å². The fraction of sp³-hybridized carbons (Fsp3) is 0.0769. The van der Waals surface area contributed by atoms with Crippen molar-refractivity contribution < 1.29 is 18.9 Å². The molecule has 4 rings (SSSR count). The predicted octanol–water partition coefficient (Wildman–Crippen LogP) is 6.74. The van der Waals surface area contributed by atoms with E-state index in [2.05, 4.69) is 25.9 Å². The van der Waals surface area contributed by atoms with Crippen LogP contribution in [0.25, 0.3) is 0 Å². The second-order valence-electron chi connectivity index (χ2n) is 7.38. The fourth-order valence-electron chi connectivity index (χ4n) is 3.04. The maximum atomic E-state index is 8.91. The Morgan fingerprint density at radius 1 is 0.769 bits per heavy atom. The average molecular weight is 630 g/mol. The van der Waals surface area contributed by atoms with E-state index in [1.54, 1.807) is 48.5 Å². The number of pyridine rings is 2. The van der Waals surface area contributed by atoms with Gasteiger partial charge in [0.05, 0.1) is 37.5 Å². The Morgan fingerprint density at radius 2 is 1.28 bits per heavy atom. The number of aromatic nitrogens is 2. The Labute approximate surface area is 242 Å². The molecule has 0 aliphatic rings. The van der Waals surface area contributed by atoms with Gasteiger partial charge in [0.1, 0.15) is 27.5 Å². The van der Waals surface area contributed by atoms with Crippen molar-refractivity contribution in [3.63, 3.8) is 0 Å². The van der Waals surface area contributed by atoms with E-state index in [1.165, 1.54) is 20.4 Å². The number of nitriles is 2. The van der Waals surface area contributed by atoms with Crippen LogP contribution in [0.2, 0.25) is 10.0 Å². The highest BCUT2D eigenvalue weighted by Crippen LogP contribution is 2.36. The number of anilines is 2. The number of nitrogens with two attached hydrogens (primary N) is 2. The van der Waals surface area contributed by atoms with E-state index >= 15 is 0 Å². The summed E-state index contributed by atoms with van der Waals surface area (Å²) in [4.78, 5) is 8.00. The highest BCUT2D eigenvalue weighted by Gasteiger charge is 2.13. The van der Waals surface area contributed by atoms with E-state index < -0.39 is 0 Å². The van der Waals surface area contributed by atoms with E-state index in [4.69, 9.17) is 64.1 Å². The quantitative estimate of drug-likeness (QED) is 0.218. The Bertz CT molecular complexity index is 1590. The number of methoxy groups -OCH3 is 2. The van der Waals surface area contributed by atoms with Crippen molar-refractivity contribution in [2.75, 3.05) is 25.7 Å². The number of rotatable bonds is 6. The maximum absolute atomic E-state index is 8.91. The van der Waals surface area contributed by atoms with Gasteiger partial charge in [0, 0.05) is 28.4 Å². The van der Waals surface area contributed by atoms with Crippen molar-refractivity contribution in [1.82, 2.24) is 9.97 Å². The zero-order chi connectivity index (χ0) is 28.5. The van der Waals surface area contributed by atoms with Crippen molar-refractivity contribution in [2.45, 2.75) is 0 Å². The van der Waals surface area contributed by atoms with Crippen molar-refractivity contribution in [3.8, 4) is 46.9 Å². The van der Waals surface area contributed by atoms with Crippen LogP contribution in [0.15, 0.2) is 59.3 Å². The van der Waals surface area contributed by atoms with Gasteiger partial charge < -0.3 is 30.4 Å². The van der Waals surface area contributed by atoms with Crippen LogP contribution in [0.4, 0.5) is 11.4 Å². The van der Waals surface area contributed by atoms with Crippen molar-refractivity contribution in [1.29, 1.82) is 10.5 Å². The monoisotopic (exact) mass is 628 g/mol. The largest absolute Gasteiger partial charge is 0.479 e. The molecule has 0 saturated carbocycles. The minimum absolute atomic E-state index is 0.247. The average Bonchev–Trinajstić information content (AvgIpc) is 2.91. The van der Waals surface area contributed by atoms with Gasteiger partial charge in [0.2, 0.25) is 11.8 Å². The van der Waals surface area contributed by atoms with Gasteiger partial charge in [-0.3, -0.25) is 0 Å². The highest BCUT2D eigenvalue weighted by molar-refractivity contribution is 9.10. The van der Waals surface area contributed by atoms with E-state index in [0.717, 1.165) is 0 Å². The van der Waals surface area contributed by atoms with Crippen LogP contribution in [-0.4, -0.2) is 24.2 Å². The zero-order valence-electron chi connectivity index (χ0n) is 20.4. The third-order valence-electron chi connectivity index (χ3n) is 4.71. The fourth-order valence-corrected chi connectivity index (χ4v) is 3.86. The van der Waals surface area contributed by atoms with Crippen molar-refractivity contribution in [3.05, 3.63) is 80.5 Å². The summed E-state index contributed by atoms with van der Waals surface area (Å²) in [6.45, 7) is 0. The number of ether oxygens (including phenoxy) is 4. The predicted molar refractivity (Wildman–Crippen MR) is 151 cm³/mol. The molecule has 10 nitrogen and oxygen atoms in total. The standard InChI is InChI=1S/C13H9BrClN3O2.C13H10ClN3O2/c1-19-13-12(17)10(5-11(14)18-13)20-9-3-7(6-16)2-8(15)4-9;1-18-13-12(16)11(2-3-17-13)19-10-5-8(7-15)4-9(14)6-10/h2-5H,17H2,1H3;2-6H,16H2,1H3. The number of benzene rings is 2. The summed E-state index contributed by atoms with van der Waals surface area (Å²) in [7, 11) is 2.93. The van der Waals surface area contributed by atoms with E-state index in [0.29, 0.717) is 48.8 Å². The Morgan fingerprint density at radius 3 is 1.79 bits per heavy atom. The molecule has 4 aromatic rings. The van der Waals surface area contributed by atoms with Gasteiger partial charge in [0.25, 0.3) is 0 Å². The van der Waals surface area contributed by atoms with Crippen molar-refractivity contribution >= 4 is 50.5 Å². The number of halogens is 3. The second kappa shape index (κ2) is 13.4. The van der Waals surface area contributed by atoms with Gasteiger partial charge in [-0.2, -0.15) is 10.5 Å². The molecule has 2 heterocycles. The van der Waals surface area contributed by atoms with Gasteiger partial charge in [-0.05, 0) is 52.3 Å². The maximum Gasteiger partial charge on any atom is 0.241 e. The lowest BCUT2D eigenvalue weighted by Gasteiger charge is -2.11. The van der Waals surface area contributed by atoms with Crippen LogP contribution in [0.1, 0.15) is 11.1 Å². The van der Waals surface area contributed by atoms with Crippen LogP contribution < -0.4 is 30.4 Å². The van der Waals surface area contributed by atoms with Gasteiger partial charge in [0.15, 0.2) is 11.5 Å². The molecule has 0 spiro atoms. The van der Waals surface area contributed by atoms with E-state index in [1.807, 2.05) is 12.1 Å². The molecule has 0 radical (unpaired) electrons. The molecule has 0 atom stereocenters.